The molecule has 2 aliphatic rings. The van der Waals surface area contributed by atoms with Gasteiger partial charge in [-0.1, -0.05) is 23.8 Å². The van der Waals surface area contributed by atoms with Crippen molar-refractivity contribution < 1.29 is 19.1 Å². The monoisotopic (exact) mass is 485 g/mol. The number of aromatic nitrogens is 2. The molecule has 1 saturated heterocycles. The molecule has 1 aromatic heterocycles. The Bertz CT molecular complexity index is 1340. The fourth-order valence-electron chi connectivity index (χ4n) is 5.04. The summed E-state index contributed by atoms with van der Waals surface area (Å²) in [4.78, 5) is 37.2. The van der Waals surface area contributed by atoms with Gasteiger partial charge < -0.3 is 14.4 Å². The summed E-state index contributed by atoms with van der Waals surface area (Å²) < 4.78 is 11.8. The van der Waals surface area contributed by atoms with Crippen LogP contribution in [0.25, 0.3) is 11.4 Å². The Kier molecular flexibility index (Phi) is 6.24. The molecule has 1 fully saturated rings. The van der Waals surface area contributed by atoms with E-state index < -0.39 is 11.6 Å². The smallest absolute Gasteiger partial charge is 0.343 e. The van der Waals surface area contributed by atoms with Crippen molar-refractivity contribution in [1.29, 1.82) is 0 Å². The molecule has 0 saturated carbocycles. The molecule has 186 valence electrons. The molecule has 2 aliphatic heterocycles. The Balaban J connectivity index is 1.43. The summed E-state index contributed by atoms with van der Waals surface area (Å²) in [7, 11) is 0. The lowest BCUT2D eigenvalue weighted by Crippen LogP contribution is -2.51. The molecule has 36 heavy (non-hydrogen) atoms. The van der Waals surface area contributed by atoms with Crippen molar-refractivity contribution in [3.05, 3.63) is 70.4 Å². The second-order valence-corrected chi connectivity index (χ2v) is 9.83. The first kappa shape index (κ1) is 24.0. The zero-order valence-corrected chi connectivity index (χ0v) is 21.3. The highest BCUT2D eigenvalue weighted by Crippen LogP contribution is 2.41. The van der Waals surface area contributed by atoms with Crippen LogP contribution in [0.1, 0.15) is 63.6 Å². The van der Waals surface area contributed by atoms with Crippen molar-refractivity contribution in [2.75, 3.05) is 24.6 Å². The molecular formula is C29H31N3O4. The number of hydrogen-bond acceptors (Lipinski definition) is 7. The lowest BCUT2D eigenvalue weighted by molar-refractivity contribution is 0.0230. The van der Waals surface area contributed by atoms with Crippen LogP contribution in [-0.2, 0) is 4.74 Å². The van der Waals surface area contributed by atoms with E-state index in [-0.39, 0.29) is 12.4 Å². The second-order valence-electron chi connectivity index (χ2n) is 9.83. The number of ketones is 1. The van der Waals surface area contributed by atoms with E-state index in [1.807, 2.05) is 57.2 Å². The first-order valence-corrected chi connectivity index (χ1v) is 12.5. The molecule has 0 bridgehead atoms. The number of carbonyl (C=O) groups is 2. The Morgan fingerprint density at radius 2 is 1.86 bits per heavy atom. The third kappa shape index (κ3) is 4.45. The first-order chi connectivity index (χ1) is 17.3. The SMILES string of the molecule is CCOC(=O)c1cnc(-c2cccc(C)c2)nc1N1CCC2(CC1)CC(=O)c1cc(C)c(C)cc1O2. The Labute approximate surface area is 211 Å². The lowest BCUT2D eigenvalue weighted by atomic mass is 9.82. The Morgan fingerprint density at radius 1 is 1.11 bits per heavy atom. The van der Waals surface area contributed by atoms with Gasteiger partial charge in [-0.25, -0.2) is 14.8 Å². The number of nitrogens with zero attached hydrogens (tertiary/aromatic N) is 3. The van der Waals surface area contributed by atoms with E-state index >= 15 is 0 Å². The molecule has 2 aromatic carbocycles. The maximum atomic E-state index is 13.0. The fraction of sp³-hybridized carbons (Fsp3) is 0.379. The van der Waals surface area contributed by atoms with Gasteiger partial charge in [0.2, 0.25) is 0 Å². The van der Waals surface area contributed by atoms with E-state index in [0.717, 1.165) is 22.3 Å². The maximum absolute atomic E-state index is 13.0. The summed E-state index contributed by atoms with van der Waals surface area (Å²) in [6, 6.07) is 11.9. The van der Waals surface area contributed by atoms with E-state index in [2.05, 4.69) is 9.88 Å². The third-order valence-corrected chi connectivity index (χ3v) is 7.22. The van der Waals surface area contributed by atoms with Crippen molar-refractivity contribution in [2.24, 2.45) is 0 Å². The van der Waals surface area contributed by atoms with Gasteiger partial charge in [-0.15, -0.1) is 0 Å². The highest BCUT2D eigenvalue weighted by atomic mass is 16.5. The van der Waals surface area contributed by atoms with Crippen molar-refractivity contribution in [3.8, 4) is 17.1 Å². The summed E-state index contributed by atoms with van der Waals surface area (Å²) in [6.45, 7) is 9.32. The van der Waals surface area contributed by atoms with Crippen molar-refractivity contribution in [2.45, 2.75) is 52.6 Å². The average molecular weight is 486 g/mol. The highest BCUT2D eigenvalue weighted by molar-refractivity contribution is 6.00. The van der Waals surface area contributed by atoms with E-state index in [1.165, 1.54) is 0 Å². The van der Waals surface area contributed by atoms with Crippen LogP contribution in [0.5, 0.6) is 5.75 Å². The molecule has 7 nitrogen and oxygen atoms in total. The van der Waals surface area contributed by atoms with E-state index in [9.17, 15) is 9.59 Å². The number of Topliss-reactive ketones (excluding diaryl/α,β-unsaturated/α-hetero) is 1. The molecule has 0 N–H and O–H groups in total. The summed E-state index contributed by atoms with van der Waals surface area (Å²) >= 11 is 0. The van der Waals surface area contributed by atoms with Crippen molar-refractivity contribution >= 4 is 17.6 Å². The molecular weight excluding hydrogens is 454 g/mol. The number of ether oxygens (including phenoxy) is 2. The van der Waals surface area contributed by atoms with Crippen LogP contribution in [0.4, 0.5) is 5.82 Å². The molecule has 7 heteroatoms. The van der Waals surface area contributed by atoms with E-state index in [0.29, 0.717) is 60.9 Å². The largest absolute Gasteiger partial charge is 0.486 e. The molecule has 3 aromatic rings. The van der Waals surface area contributed by atoms with Crippen LogP contribution in [0, 0.1) is 20.8 Å². The summed E-state index contributed by atoms with van der Waals surface area (Å²) in [5, 5.41) is 0. The number of rotatable bonds is 4. The van der Waals surface area contributed by atoms with Crippen LogP contribution in [0.15, 0.2) is 42.6 Å². The molecule has 3 heterocycles. The van der Waals surface area contributed by atoms with E-state index in [4.69, 9.17) is 14.5 Å². The molecule has 0 aliphatic carbocycles. The van der Waals surface area contributed by atoms with Gasteiger partial charge in [0, 0.05) is 37.7 Å². The van der Waals surface area contributed by atoms with Gasteiger partial charge in [-0.2, -0.15) is 0 Å². The predicted molar refractivity (Wildman–Crippen MR) is 138 cm³/mol. The first-order valence-electron chi connectivity index (χ1n) is 12.5. The Morgan fingerprint density at radius 3 is 2.58 bits per heavy atom. The molecule has 1 spiro atoms. The van der Waals surface area contributed by atoms with Gasteiger partial charge in [0.25, 0.3) is 0 Å². The lowest BCUT2D eigenvalue weighted by Gasteiger charge is -2.44. The maximum Gasteiger partial charge on any atom is 0.343 e. The third-order valence-electron chi connectivity index (χ3n) is 7.22. The number of carbonyl (C=O) groups excluding carboxylic acids is 2. The summed E-state index contributed by atoms with van der Waals surface area (Å²) in [5.41, 5.74) is 4.69. The standard InChI is InChI=1S/C29H31N3O4/c1-5-35-28(34)23-17-30-26(21-8-6-7-18(2)13-21)31-27(23)32-11-9-29(10-12-32)16-24(33)22-14-19(3)20(4)15-25(22)36-29/h6-8,13-15,17H,5,9-12,16H2,1-4H3. The number of benzene rings is 2. The normalized spacial score (nSPS) is 16.4. The van der Waals surface area contributed by atoms with Crippen LogP contribution in [-0.4, -0.2) is 47.0 Å². The van der Waals surface area contributed by atoms with Gasteiger partial charge in [0.1, 0.15) is 22.7 Å². The van der Waals surface area contributed by atoms with Crippen LogP contribution >= 0.6 is 0 Å². The number of fused-ring (bicyclic) bond motifs is 1. The van der Waals surface area contributed by atoms with Crippen molar-refractivity contribution in [1.82, 2.24) is 9.97 Å². The average Bonchev–Trinajstić information content (AvgIpc) is 2.86. The predicted octanol–water partition coefficient (Wildman–Crippen LogP) is 5.25. The second kappa shape index (κ2) is 9.37. The molecule has 0 amide bonds. The molecule has 5 rings (SSSR count). The number of hydrogen-bond donors (Lipinski definition) is 0. The number of aryl methyl sites for hydroxylation is 3. The van der Waals surface area contributed by atoms with Crippen molar-refractivity contribution in [3.63, 3.8) is 0 Å². The minimum absolute atomic E-state index is 0.129. The van der Waals surface area contributed by atoms with Gasteiger partial charge in [0.15, 0.2) is 11.6 Å². The number of anilines is 1. The van der Waals surface area contributed by atoms with Crippen LogP contribution < -0.4 is 9.64 Å². The fourth-order valence-corrected chi connectivity index (χ4v) is 5.04. The van der Waals surface area contributed by atoms with Gasteiger partial charge in [-0.05, 0) is 57.0 Å². The van der Waals surface area contributed by atoms with Crippen LogP contribution in [0.3, 0.4) is 0 Å². The molecule has 0 unspecified atom stereocenters. The highest BCUT2D eigenvalue weighted by Gasteiger charge is 2.43. The van der Waals surface area contributed by atoms with Gasteiger partial charge >= 0.3 is 5.97 Å². The molecule has 0 atom stereocenters. The van der Waals surface area contributed by atoms with Gasteiger partial charge in [-0.3, -0.25) is 4.79 Å². The topological polar surface area (TPSA) is 81.6 Å². The Hall–Kier alpha value is -3.74. The molecule has 0 radical (unpaired) electrons. The quantitative estimate of drug-likeness (QED) is 0.467. The van der Waals surface area contributed by atoms with E-state index in [1.54, 1.807) is 13.1 Å². The minimum atomic E-state index is -0.543. The summed E-state index contributed by atoms with van der Waals surface area (Å²) in [6.07, 6.45) is 3.22. The zero-order chi connectivity index (χ0) is 25.4. The van der Waals surface area contributed by atoms with Crippen LogP contribution in [0.2, 0.25) is 0 Å². The minimum Gasteiger partial charge on any atom is -0.486 e. The number of esters is 1. The summed E-state index contributed by atoms with van der Waals surface area (Å²) in [5.74, 6) is 1.49. The van der Waals surface area contributed by atoms with Gasteiger partial charge in [0.05, 0.1) is 18.6 Å². The number of piperidine rings is 1. The zero-order valence-electron chi connectivity index (χ0n) is 21.3.